The van der Waals surface area contributed by atoms with Crippen molar-refractivity contribution < 1.29 is 9.59 Å². The van der Waals surface area contributed by atoms with E-state index >= 15 is 0 Å². The molecule has 0 heterocycles. The average molecular weight is 384 g/mol. The minimum absolute atomic E-state index is 0.0285. The van der Waals surface area contributed by atoms with E-state index < -0.39 is 5.54 Å². The number of anilines is 1. The van der Waals surface area contributed by atoms with E-state index in [0.29, 0.717) is 17.8 Å². The first-order valence-electron chi connectivity index (χ1n) is 10.6. The largest absolute Gasteiger partial charge is 0.372 e. The summed E-state index contributed by atoms with van der Waals surface area (Å²) in [5.41, 5.74) is 1.45. The normalized spacial score (nSPS) is 33.4. The van der Waals surface area contributed by atoms with Crippen LogP contribution in [0.25, 0.3) is 0 Å². The number of aryl methyl sites for hydroxylation is 1. The molecule has 4 aliphatic carbocycles. The Balaban J connectivity index is 1.43. The maximum absolute atomic E-state index is 13.1. The summed E-state index contributed by atoms with van der Waals surface area (Å²) in [5.74, 6) is 1.76. The third kappa shape index (κ3) is 3.63. The second kappa shape index (κ2) is 6.78. The Morgan fingerprint density at radius 2 is 1.64 bits per heavy atom. The van der Waals surface area contributed by atoms with Gasteiger partial charge in [-0.1, -0.05) is 17.7 Å². The molecule has 0 aromatic heterocycles. The van der Waals surface area contributed by atoms with Gasteiger partial charge in [0.1, 0.15) is 5.54 Å². The molecular weight excluding hydrogens is 350 g/mol. The van der Waals surface area contributed by atoms with Crippen LogP contribution in [0.5, 0.6) is 0 Å². The molecular formula is C23H33N3O2. The number of rotatable bonds is 5. The van der Waals surface area contributed by atoms with Gasteiger partial charge in [-0.05, 0) is 82.8 Å². The number of amides is 2. The zero-order valence-corrected chi connectivity index (χ0v) is 17.5. The van der Waals surface area contributed by atoms with E-state index in [1.54, 1.807) is 6.92 Å². The van der Waals surface area contributed by atoms with Crippen LogP contribution in [0, 0.1) is 24.7 Å². The average Bonchev–Trinajstić information content (AvgIpc) is 2.58. The highest BCUT2D eigenvalue weighted by Crippen LogP contribution is 2.55. The number of hydrogen-bond acceptors (Lipinski definition) is 3. The molecule has 3 unspecified atom stereocenters. The van der Waals surface area contributed by atoms with E-state index in [1.165, 1.54) is 18.4 Å². The number of hydrogen-bond donors (Lipinski definition) is 3. The summed E-state index contributed by atoms with van der Waals surface area (Å²) in [6, 6.07) is 8.37. The van der Waals surface area contributed by atoms with Crippen LogP contribution in [0.1, 0.15) is 58.4 Å². The van der Waals surface area contributed by atoms with Crippen molar-refractivity contribution in [3.63, 3.8) is 0 Å². The standard InChI is InChI=1S/C23H33N3O2/c1-14-5-7-19(8-6-14)26-22(3,4)21(28)24-20-17-9-16-10-18(20)13-23(11-16,12-17)25-15(2)27/h5-8,16-18,20,26H,9-13H2,1-4H3,(H,24,28)(H,25,27)/t16?,17-,18+,20?,23?. The molecule has 4 fully saturated rings. The van der Waals surface area contributed by atoms with E-state index in [-0.39, 0.29) is 23.4 Å². The van der Waals surface area contributed by atoms with Gasteiger partial charge in [-0.3, -0.25) is 9.59 Å². The van der Waals surface area contributed by atoms with Crippen molar-refractivity contribution in [3.8, 4) is 0 Å². The Morgan fingerprint density at radius 3 is 2.21 bits per heavy atom. The second-order valence-corrected chi connectivity index (χ2v) is 10.0. The lowest BCUT2D eigenvalue weighted by Crippen LogP contribution is -2.67. The Labute approximate surface area is 168 Å². The van der Waals surface area contributed by atoms with Crippen LogP contribution in [-0.4, -0.2) is 28.9 Å². The van der Waals surface area contributed by atoms with Crippen LogP contribution in [0.2, 0.25) is 0 Å². The fourth-order valence-corrected chi connectivity index (χ4v) is 6.17. The molecule has 0 saturated heterocycles. The Morgan fingerprint density at radius 1 is 1.04 bits per heavy atom. The lowest BCUT2D eigenvalue weighted by Gasteiger charge is -2.60. The zero-order chi connectivity index (χ0) is 20.1. The molecule has 1 aromatic carbocycles. The SMILES string of the molecule is CC(=O)NC12CC3C[C@H](C1)C(NC(=O)C(C)(C)Nc1ccc(C)cc1)[C@@H](C3)C2. The zero-order valence-electron chi connectivity index (χ0n) is 17.5. The number of carbonyl (C=O) groups excluding carboxylic acids is 2. The van der Waals surface area contributed by atoms with E-state index in [2.05, 4.69) is 35.0 Å². The molecule has 5 heteroatoms. The van der Waals surface area contributed by atoms with Crippen molar-refractivity contribution in [2.75, 3.05) is 5.32 Å². The van der Waals surface area contributed by atoms with Crippen molar-refractivity contribution in [3.05, 3.63) is 29.8 Å². The van der Waals surface area contributed by atoms with Crippen molar-refractivity contribution in [1.82, 2.24) is 10.6 Å². The lowest BCUT2D eigenvalue weighted by atomic mass is 9.51. The van der Waals surface area contributed by atoms with E-state index in [0.717, 1.165) is 24.9 Å². The molecule has 28 heavy (non-hydrogen) atoms. The number of nitrogens with one attached hydrogen (secondary N) is 3. The van der Waals surface area contributed by atoms with Crippen LogP contribution in [0.3, 0.4) is 0 Å². The smallest absolute Gasteiger partial charge is 0.245 e. The summed E-state index contributed by atoms with van der Waals surface area (Å²) >= 11 is 0. The van der Waals surface area contributed by atoms with Gasteiger partial charge in [-0.15, -0.1) is 0 Å². The monoisotopic (exact) mass is 383 g/mol. The Bertz CT molecular complexity index is 755. The molecule has 5 rings (SSSR count). The molecule has 0 radical (unpaired) electrons. The van der Waals surface area contributed by atoms with Crippen molar-refractivity contribution >= 4 is 17.5 Å². The van der Waals surface area contributed by atoms with Crippen molar-refractivity contribution in [1.29, 1.82) is 0 Å². The molecule has 4 saturated carbocycles. The Hall–Kier alpha value is -2.04. The quantitative estimate of drug-likeness (QED) is 0.730. The summed E-state index contributed by atoms with van der Waals surface area (Å²) in [6.45, 7) is 7.56. The highest BCUT2D eigenvalue weighted by molar-refractivity contribution is 5.88. The summed E-state index contributed by atoms with van der Waals surface area (Å²) in [4.78, 5) is 24.9. The molecule has 3 N–H and O–H groups in total. The molecule has 5 atom stereocenters. The third-order valence-corrected chi connectivity index (χ3v) is 7.09. The van der Waals surface area contributed by atoms with Crippen molar-refractivity contribution in [2.45, 2.75) is 76.9 Å². The van der Waals surface area contributed by atoms with Crippen LogP contribution in [-0.2, 0) is 9.59 Å². The molecule has 4 aliphatic rings. The van der Waals surface area contributed by atoms with Crippen LogP contribution in [0.15, 0.2) is 24.3 Å². The van der Waals surface area contributed by atoms with Crippen LogP contribution >= 0.6 is 0 Å². The Kier molecular flexibility index (Phi) is 4.67. The van der Waals surface area contributed by atoms with E-state index in [4.69, 9.17) is 0 Å². The third-order valence-electron chi connectivity index (χ3n) is 7.09. The maximum Gasteiger partial charge on any atom is 0.245 e. The van der Waals surface area contributed by atoms with E-state index in [1.807, 2.05) is 26.0 Å². The van der Waals surface area contributed by atoms with Gasteiger partial charge in [0.25, 0.3) is 0 Å². The van der Waals surface area contributed by atoms with Gasteiger partial charge in [-0.2, -0.15) is 0 Å². The van der Waals surface area contributed by atoms with Crippen LogP contribution < -0.4 is 16.0 Å². The van der Waals surface area contributed by atoms with Gasteiger partial charge in [0.2, 0.25) is 11.8 Å². The molecule has 0 spiro atoms. The molecule has 152 valence electrons. The fourth-order valence-electron chi connectivity index (χ4n) is 6.17. The number of carbonyl (C=O) groups is 2. The van der Waals surface area contributed by atoms with Gasteiger partial charge in [0.05, 0.1) is 0 Å². The van der Waals surface area contributed by atoms with Crippen molar-refractivity contribution in [2.24, 2.45) is 17.8 Å². The summed E-state index contributed by atoms with van der Waals surface area (Å²) < 4.78 is 0. The molecule has 5 nitrogen and oxygen atoms in total. The number of benzene rings is 1. The topological polar surface area (TPSA) is 70.2 Å². The minimum atomic E-state index is -0.681. The summed E-state index contributed by atoms with van der Waals surface area (Å²) in [6.07, 6.45) is 5.45. The van der Waals surface area contributed by atoms with Gasteiger partial charge in [0, 0.05) is 24.2 Å². The van der Waals surface area contributed by atoms with Gasteiger partial charge in [-0.25, -0.2) is 0 Å². The van der Waals surface area contributed by atoms with Crippen LogP contribution in [0.4, 0.5) is 5.69 Å². The van der Waals surface area contributed by atoms with Gasteiger partial charge >= 0.3 is 0 Å². The highest BCUT2D eigenvalue weighted by Gasteiger charge is 2.56. The first kappa shape index (κ1) is 19.3. The fraction of sp³-hybridized carbons (Fsp3) is 0.652. The minimum Gasteiger partial charge on any atom is -0.372 e. The first-order valence-corrected chi connectivity index (χ1v) is 10.6. The highest BCUT2D eigenvalue weighted by atomic mass is 16.2. The molecule has 0 aliphatic heterocycles. The molecule has 4 bridgehead atoms. The predicted octanol–water partition coefficient (Wildman–Crippen LogP) is 3.39. The summed E-state index contributed by atoms with van der Waals surface area (Å²) in [5, 5.41) is 10.0. The second-order valence-electron chi connectivity index (χ2n) is 10.0. The summed E-state index contributed by atoms with van der Waals surface area (Å²) in [7, 11) is 0. The van der Waals surface area contributed by atoms with Gasteiger partial charge in [0.15, 0.2) is 0 Å². The van der Waals surface area contributed by atoms with E-state index in [9.17, 15) is 9.59 Å². The molecule has 1 aromatic rings. The first-order chi connectivity index (χ1) is 13.2. The predicted molar refractivity (Wildman–Crippen MR) is 111 cm³/mol. The lowest BCUT2D eigenvalue weighted by molar-refractivity contribution is -0.132. The molecule has 2 amide bonds. The van der Waals surface area contributed by atoms with Gasteiger partial charge < -0.3 is 16.0 Å². The maximum atomic E-state index is 13.1.